The number of nitriles is 1. The molecule has 0 amide bonds. The van der Waals surface area contributed by atoms with Gasteiger partial charge in [-0.2, -0.15) is 5.26 Å². The molecule has 2 aromatic carbocycles. The molecule has 0 saturated carbocycles. The first kappa shape index (κ1) is 28.0. The Morgan fingerprint density at radius 2 is 1.80 bits per heavy atom. The van der Waals surface area contributed by atoms with E-state index in [4.69, 9.17) is 37.1 Å². The third kappa shape index (κ3) is 5.67. The van der Waals surface area contributed by atoms with Crippen molar-refractivity contribution < 1.29 is 24.1 Å². The molecule has 1 saturated heterocycles. The van der Waals surface area contributed by atoms with Crippen LogP contribution in [0.4, 0.5) is 11.4 Å². The third-order valence-electron chi connectivity index (χ3n) is 6.89. The molecule has 0 bridgehead atoms. The van der Waals surface area contributed by atoms with E-state index in [0.717, 1.165) is 16.9 Å². The van der Waals surface area contributed by atoms with Crippen molar-refractivity contribution in [2.24, 2.45) is 0 Å². The molecule has 3 N–H and O–H groups in total. The molecule has 1 aliphatic heterocycles. The standard InChI is InChI=1S/C28H27Cl2N5O5/c1-38-25-9-20-23(32-13-17(12-31)27(20)33-24-11-26(39-2)22(30)10-21(24)29)8-19(25)16-7-18(40-15-16)14-34-3-5-35(6-4-34)28(36)37/h7-11,13,15,28,36-37H,3-6,14H2,1-2H3,(H,32,33). The number of furan rings is 1. The summed E-state index contributed by atoms with van der Waals surface area (Å²) in [5, 5.41) is 33.2. The first-order chi connectivity index (χ1) is 19.3. The third-order valence-corrected chi connectivity index (χ3v) is 7.50. The summed E-state index contributed by atoms with van der Waals surface area (Å²) >= 11 is 12.6. The summed E-state index contributed by atoms with van der Waals surface area (Å²) in [5.41, 5.74) is 3.60. The Labute approximate surface area is 240 Å². The van der Waals surface area contributed by atoms with E-state index in [1.54, 1.807) is 30.4 Å². The van der Waals surface area contributed by atoms with Crippen molar-refractivity contribution >= 4 is 45.5 Å². The lowest BCUT2D eigenvalue weighted by Gasteiger charge is -2.34. The highest BCUT2D eigenvalue weighted by Gasteiger charge is 2.22. The van der Waals surface area contributed by atoms with Crippen molar-refractivity contribution in [2.75, 3.05) is 45.7 Å². The first-order valence-corrected chi connectivity index (χ1v) is 13.2. The predicted octanol–water partition coefficient (Wildman–Crippen LogP) is 4.82. The van der Waals surface area contributed by atoms with Gasteiger partial charge in [0.05, 0.1) is 59.5 Å². The molecule has 0 spiro atoms. The number of benzene rings is 2. The number of hydrogen-bond donors (Lipinski definition) is 3. The number of halogens is 2. The Bertz CT molecular complexity index is 1580. The van der Waals surface area contributed by atoms with E-state index in [-0.39, 0.29) is 0 Å². The van der Waals surface area contributed by atoms with E-state index in [2.05, 4.69) is 21.3 Å². The highest BCUT2D eigenvalue weighted by Crippen LogP contribution is 2.41. The molecule has 0 unspecified atom stereocenters. The minimum absolute atomic E-state index is 0.326. The van der Waals surface area contributed by atoms with Crippen molar-refractivity contribution in [3.8, 4) is 28.7 Å². The summed E-state index contributed by atoms with van der Waals surface area (Å²) in [5.74, 6) is 1.79. The average molecular weight is 584 g/mol. The molecule has 10 nitrogen and oxygen atoms in total. The molecule has 4 aromatic rings. The Morgan fingerprint density at radius 1 is 1.05 bits per heavy atom. The van der Waals surface area contributed by atoms with Crippen molar-refractivity contribution in [1.29, 1.82) is 5.26 Å². The number of piperazine rings is 1. The molecule has 2 aromatic heterocycles. The van der Waals surface area contributed by atoms with Crippen LogP contribution in [-0.2, 0) is 6.54 Å². The van der Waals surface area contributed by atoms with Crippen LogP contribution < -0.4 is 14.8 Å². The van der Waals surface area contributed by atoms with Gasteiger partial charge in [-0.25, -0.2) is 0 Å². The number of hydrogen-bond acceptors (Lipinski definition) is 10. The van der Waals surface area contributed by atoms with Gasteiger partial charge in [0, 0.05) is 55.0 Å². The van der Waals surface area contributed by atoms with Crippen LogP contribution >= 0.6 is 23.2 Å². The molecular formula is C28H27Cl2N5O5. The van der Waals surface area contributed by atoms with Crippen LogP contribution in [0.3, 0.4) is 0 Å². The average Bonchev–Trinajstić information content (AvgIpc) is 3.42. The number of aromatic nitrogens is 1. The van der Waals surface area contributed by atoms with Crippen LogP contribution in [0.15, 0.2) is 47.2 Å². The SMILES string of the molecule is COc1cc(Nc2c(C#N)cnc3cc(-c4coc(CN5CCN(C(O)O)CC5)c4)c(OC)cc23)c(Cl)cc1Cl. The van der Waals surface area contributed by atoms with Gasteiger partial charge >= 0.3 is 0 Å². The van der Waals surface area contributed by atoms with E-state index in [1.165, 1.54) is 13.3 Å². The molecule has 3 heterocycles. The van der Waals surface area contributed by atoms with Gasteiger partial charge in [-0.05, 0) is 24.3 Å². The lowest BCUT2D eigenvalue weighted by molar-refractivity contribution is -0.165. The topological polar surface area (TPSA) is 127 Å². The molecule has 1 aliphatic rings. The van der Waals surface area contributed by atoms with Gasteiger partial charge in [-0.15, -0.1) is 0 Å². The number of aliphatic hydroxyl groups excluding tert-OH is 1. The summed E-state index contributed by atoms with van der Waals surface area (Å²) in [7, 11) is 3.09. The van der Waals surface area contributed by atoms with Gasteiger partial charge in [-0.1, -0.05) is 23.2 Å². The lowest BCUT2D eigenvalue weighted by atomic mass is 10.0. The minimum Gasteiger partial charge on any atom is -0.496 e. The van der Waals surface area contributed by atoms with E-state index in [0.29, 0.717) is 82.1 Å². The Balaban J connectivity index is 1.47. The van der Waals surface area contributed by atoms with Gasteiger partial charge in [0.1, 0.15) is 23.3 Å². The van der Waals surface area contributed by atoms with E-state index >= 15 is 0 Å². The molecule has 5 rings (SSSR count). The van der Waals surface area contributed by atoms with Gasteiger partial charge in [0.25, 0.3) is 0 Å². The van der Waals surface area contributed by atoms with Crippen molar-refractivity contribution in [3.05, 3.63) is 64.2 Å². The fourth-order valence-electron chi connectivity index (χ4n) is 4.73. The molecule has 12 heteroatoms. The van der Waals surface area contributed by atoms with E-state index < -0.39 is 6.41 Å². The number of ether oxygens (including phenoxy) is 2. The largest absolute Gasteiger partial charge is 0.496 e. The summed E-state index contributed by atoms with van der Waals surface area (Å²) in [4.78, 5) is 8.33. The predicted molar refractivity (Wildman–Crippen MR) is 152 cm³/mol. The summed E-state index contributed by atoms with van der Waals surface area (Å²) < 4.78 is 16.9. The van der Waals surface area contributed by atoms with Crippen molar-refractivity contribution in [3.63, 3.8) is 0 Å². The second-order valence-electron chi connectivity index (χ2n) is 9.28. The van der Waals surface area contributed by atoms with Crippen LogP contribution in [0, 0.1) is 11.3 Å². The van der Waals surface area contributed by atoms with Gasteiger partial charge in [-0.3, -0.25) is 14.8 Å². The Morgan fingerprint density at radius 3 is 2.48 bits per heavy atom. The molecule has 40 heavy (non-hydrogen) atoms. The van der Waals surface area contributed by atoms with E-state index in [1.807, 2.05) is 18.2 Å². The van der Waals surface area contributed by atoms with Crippen LogP contribution in [0.5, 0.6) is 11.5 Å². The lowest BCUT2D eigenvalue weighted by Crippen LogP contribution is -2.49. The molecule has 0 atom stereocenters. The van der Waals surface area contributed by atoms with Crippen LogP contribution in [-0.4, -0.2) is 71.8 Å². The Kier molecular flexibility index (Phi) is 8.32. The van der Waals surface area contributed by atoms with Crippen LogP contribution in [0.1, 0.15) is 11.3 Å². The van der Waals surface area contributed by atoms with Gasteiger partial charge in [0.15, 0.2) is 0 Å². The smallest absolute Gasteiger partial charge is 0.213 e. The monoisotopic (exact) mass is 583 g/mol. The second kappa shape index (κ2) is 11.9. The van der Waals surface area contributed by atoms with E-state index in [9.17, 15) is 15.5 Å². The number of rotatable bonds is 8. The molecule has 0 radical (unpaired) electrons. The highest BCUT2D eigenvalue weighted by atomic mass is 35.5. The number of pyridine rings is 1. The van der Waals surface area contributed by atoms with Crippen LogP contribution in [0.25, 0.3) is 22.0 Å². The molecule has 1 fully saturated rings. The normalized spacial score (nSPS) is 14.4. The maximum Gasteiger partial charge on any atom is 0.213 e. The summed E-state index contributed by atoms with van der Waals surface area (Å²) in [6.07, 6.45) is 1.75. The number of fused-ring (bicyclic) bond motifs is 1. The molecular weight excluding hydrogens is 557 g/mol. The number of anilines is 2. The molecule has 0 aliphatic carbocycles. The number of aliphatic hydroxyl groups is 2. The number of nitrogens with one attached hydrogen (secondary N) is 1. The molecule has 208 valence electrons. The number of nitrogens with zero attached hydrogens (tertiary/aromatic N) is 4. The highest BCUT2D eigenvalue weighted by molar-refractivity contribution is 6.37. The minimum atomic E-state index is -1.43. The second-order valence-corrected chi connectivity index (χ2v) is 10.1. The summed E-state index contributed by atoms with van der Waals surface area (Å²) in [6, 6.07) is 11.1. The zero-order valence-electron chi connectivity index (χ0n) is 21.8. The quantitative estimate of drug-likeness (QED) is 0.248. The fourth-order valence-corrected chi connectivity index (χ4v) is 5.23. The van der Waals surface area contributed by atoms with Crippen LogP contribution in [0.2, 0.25) is 10.0 Å². The maximum absolute atomic E-state index is 9.82. The zero-order chi connectivity index (χ0) is 28.4. The van der Waals surface area contributed by atoms with Crippen molar-refractivity contribution in [2.45, 2.75) is 13.0 Å². The zero-order valence-corrected chi connectivity index (χ0v) is 23.3. The number of methoxy groups -OCH3 is 2. The fraction of sp³-hybridized carbons (Fsp3) is 0.286. The van der Waals surface area contributed by atoms with Gasteiger partial charge in [0.2, 0.25) is 6.41 Å². The summed E-state index contributed by atoms with van der Waals surface area (Å²) in [6.45, 7) is 3.10. The first-order valence-electron chi connectivity index (χ1n) is 12.4. The Hall–Kier alpha value is -3.56. The van der Waals surface area contributed by atoms with Gasteiger partial charge < -0.3 is 29.4 Å². The van der Waals surface area contributed by atoms with Crippen molar-refractivity contribution in [1.82, 2.24) is 14.8 Å². The maximum atomic E-state index is 9.82.